The van der Waals surface area contributed by atoms with Crippen molar-refractivity contribution in [3.05, 3.63) is 41.1 Å². The normalized spacial score (nSPS) is 18.7. The Kier molecular flexibility index (Phi) is 5.42. The summed E-state index contributed by atoms with van der Waals surface area (Å²) >= 11 is 0. The zero-order valence-electron chi connectivity index (χ0n) is 16.7. The molecule has 0 amide bonds. The number of hydrogen-bond acceptors (Lipinski definition) is 6. The van der Waals surface area contributed by atoms with Crippen LogP contribution >= 0.6 is 0 Å². The van der Waals surface area contributed by atoms with Gasteiger partial charge in [0.1, 0.15) is 5.82 Å². The van der Waals surface area contributed by atoms with E-state index in [4.69, 9.17) is 0 Å². The van der Waals surface area contributed by atoms with E-state index in [1.807, 2.05) is 24.9 Å². The highest BCUT2D eigenvalue weighted by molar-refractivity contribution is 7.91. The molecule has 1 aliphatic rings. The molecule has 1 atom stereocenters. The van der Waals surface area contributed by atoms with Crippen molar-refractivity contribution in [2.24, 2.45) is 0 Å². The van der Waals surface area contributed by atoms with Gasteiger partial charge in [-0.1, -0.05) is 32.0 Å². The van der Waals surface area contributed by atoms with Crippen LogP contribution in [0.5, 0.6) is 0 Å². The average molecular weight is 389 g/mol. The number of nitrogens with zero attached hydrogens (tertiary/aromatic N) is 3. The number of benzene rings is 1. The van der Waals surface area contributed by atoms with Crippen molar-refractivity contribution in [3.63, 3.8) is 0 Å². The number of aryl methyl sites for hydroxylation is 2. The Morgan fingerprint density at radius 1 is 1.22 bits per heavy atom. The third-order valence-electron chi connectivity index (χ3n) is 5.09. The smallest absolute Gasteiger partial charge is 0.227 e. The summed E-state index contributed by atoms with van der Waals surface area (Å²) in [6.07, 6.45) is 0.619. The Bertz CT molecular complexity index is 941. The van der Waals surface area contributed by atoms with Crippen LogP contribution < -0.4 is 10.2 Å². The highest BCUT2D eigenvalue weighted by Gasteiger charge is 2.32. The number of sulfone groups is 1. The molecule has 1 N–H and O–H groups in total. The molecule has 0 spiro atoms. The summed E-state index contributed by atoms with van der Waals surface area (Å²) in [7, 11) is -1.08. The summed E-state index contributed by atoms with van der Waals surface area (Å²) in [5.41, 5.74) is 4.31. The van der Waals surface area contributed by atoms with E-state index in [0.717, 1.165) is 22.8 Å². The van der Waals surface area contributed by atoms with Gasteiger partial charge in [-0.3, -0.25) is 0 Å². The SMILES string of the molecule is Cc1cc(Nc2c(C)cccc2C(C)C)nc(N(C)C2CCS(=O)(=O)C2)n1. The van der Waals surface area contributed by atoms with Crippen molar-refractivity contribution in [2.75, 3.05) is 28.8 Å². The van der Waals surface area contributed by atoms with Gasteiger partial charge in [-0.15, -0.1) is 0 Å². The van der Waals surface area contributed by atoms with Crippen LogP contribution in [-0.4, -0.2) is 43.0 Å². The first-order valence-corrected chi connectivity index (χ1v) is 11.1. The Balaban J connectivity index is 1.91. The third-order valence-corrected chi connectivity index (χ3v) is 6.84. The lowest BCUT2D eigenvalue weighted by atomic mass is 9.98. The lowest BCUT2D eigenvalue weighted by Gasteiger charge is -2.24. The average Bonchev–Trinajstić information content (AvgIpc) is 2.95. The Labute approximate surface area is 162 Å². The van der Waals surface area contributed by atoms with Crippen molar-refractivity contribution < 1.29 is 8.42 Å². The van der Waals surface area contributed by atoms with Gasteiger partial charge in [-0.2, -0.15) is 4.98 Å². The van der Waals surface area contributed by atoms with Gasteiger partial charge in [0.15, 0.2) is 9.84 Å². The van der Waals surface area contributed by atoms with Gasteiger partial charge >= 0.3 is 0 Å². The molecule has 1 aromatic carbocycles. The molecule has 1 aliphatic heterocycles. The van der Waals surface area contributed by atoms with E-state index in [9.17, 15) is 8.42 Å². The fraction of sp³-hybridized carbons (Fsp3) is 0.500. The van der Waals surface area contributed by atoms with Crippen LogP contribution in [0.25, 0.3) is 0 Å². The highest BCUT2D eigenvalue weighted by atomic mass is 32.2. The van der Waals surface area contributed by atoms with E-state index in [-0.39, 0.29) is 17.5 Å². The fourth-order valence-electron chi connectivity index (χ4n) is 3.49. The number of para-hydroxylation sites is 1. The highest BCUT2D eigenvalue weighted by Crippen LogP contribution is 2.30. The van der Waals surface area contributed by atoms with Crippen LogP contribution in [0.15, 0.2) is 24.3 Å². The van der Waals surface area contributed by atoms with Gasteiger partial charge in [0, 0.05) is 30.5 Å². The Morgan fingerprint density at radius 2 is 1.96 bits per heavy atom. The Morgan fingerprint density at radius 3 is 2.59 bits per heavy atom. The van der Waals surface area contributed by atoms with Gasteiger partial charge < -0.3 is 10.2 Å². The molecule has 1 fully saturated rings. The van der Waals surface area contributed by atoms with Crippen molar-refractivity contribution in [1.29, 1.82) is 0 Å². The van der Waals surface area contributed by atoms with Crippen LogP contribution in [-0.2, 0) is 9.84 Å². The molecular weight excluding hydrogens is 360 g/mol. The molecule has 7 heteroatoms. The second-order valence-corrected chi connectivity index (χ2v) is 9.91. The van der Waals surface area contributed by atoms with Crippen molar-refractivity contribution in [1.82, 2.24) is 9.97 Å². The summed E-state index contributed by atoms with van der Waals surface area (Å²) in [6.45, 7) is 8.35. The quantitative estimate of drug-likeness (QED) is 0.844. The zero-order valence-corrected chi connectivity index (χ0v) is 17.5. The van der Waals surface area contributed by atoms with Gasteiger partial charge in [0.25, 0.3) is 0 Å². The van der Waals surface area contributed by atoms with Crippen molar-refractivity contribution in [3.8, 4) is 0 Å². The van der Waals surface area contributed by atoms with Gasteiger partial charge in [-0.25, -0.2) is 13.4 Å². The number of rotatable bonds is 5. The molecule has 2 aromatic rings. The standard InChI is InChI=1S/C20H28N4O2S/c1-13(2)17-8-6-7-14(3)19(17)22-18-11-15(4)21-20(23-18)24(5)16-9-10-27(25,26)12-16/h6-8,11,13,16H,9-10,12H2,1-5H3,(H,21,22,23). The van der Waals surface area contributed by atoms with Crippen LogP contribution in [0.4, 0.5) is 17.5 Å². The summed E-state index contributed by atoms with van der Waals surface area (Å²) in [4.78, 5) is 11.1. The van der Waals surface area contributed by atoms with Gasteiger partial charge in [0.05, 0.1) is 11.5 Å². The van der Waals surface area contributed by atoms with Gasteiger partial charge in [0.2, 0.25) is 5.95 Å². The molecule has 0 aliphatic carbocycles. The van der Waals surface area contributed by atoms with E-state index in [0.29, 0.717) is 18.3 Å². The van der Waals surface area contributed by atoms with Gasteiger partial charge in [-0.05, 0) is 37.3 Å². The maximum Gasteiger partial charge on any atom is 0.227 e. The third kappa shape index (κ3) is 4.40. The lowest BCUT2D eigenvalue weighted by Crippen LogP contribution is -2.34. The van der Waals surface area contributed by atoms with E-state index < -0.39 is 9.84 Å². The number of anilines is 3. The first-order valence-electron chi connectivity index (χ1n) is 9.32. The summed E-state index contributed by atoms with van der Waals surface area (Å²) < 4.78 is 23.6. The summed E-state index contributed by atoms with van der Waals surface area (Å²) in [5.74, 6) is 2.07. The fourth-order valence-corrected chi connectivity index (χ4v) is 5.26. The topological polar surface area (TPSA) is 75.2 Å². The first-order chi connectivity index (χ1) is 12.7. The molecule has 27 heavy (non-hydrogen) atoms. The largest absolute Gasteiger partial charge is 0.340 e. The molecule has 0 saturated carbocycles. The Hall–Kier alpha value is -2.15. The van der Waals surface area contributed by atoms with Crippen LogP contribution in [0.1, 0.15) is 43.0 Å². The summed E-state index contributed by atoms with van der Waals surface area (Å²) in [5, 5.41) is 3.47. The maximum absolute atomic E-state index is 11.8. The number of hydrogen-bond donors (Lipinski definition) is 1. The van der Waals surface area contributed by atoms with E-state index in [1.54, 1.807) is 0 Å². The minimum atomic E-state index is -2.95. The molecule has 0 radical (unpaired) electrons. The predicted molar refractivity (Wildman–Crippen MR) is 111 cm³/mol. The second kappa shape index (κ2) is 7.46. The molecular formula is C20H28N4O2S. The molecule has 146 valence electrons. The molecule has 0 bridgehead atoms. The molecule has 2 heterocycles. The first kappa shape index (κ1) is 19.6. The molecule has 1 aromatic heterocycles. The van der Waals surface area contributed by atoms with Crippen LogP contribution in [0.2, 0.25) is 0 Å². The molecule has 1 saturated heterocycles. The van der Waals surface area contributed by atoms with E-state index in [2.05, 4.69) is 54.3 Å². The van der Waals surface area contributed by atoms with Crippen molar-refractivity contribution >= 4 is 27.3 Å². The zero-order chi connectivity index (χ0) is 19.8. The molecule has 6 nitrogen and oxygen atoms in total. The van der Waals surface area contributed by atoms with Crippen molar-refractivity contribution in [2.45, 2.75) is 46.1 Å². The second-order valence-electron chi connectivity index (χ2n) is 7.68. The van der Waals surface area contributed by atoms with E-state index in [1.165, 1.54) is 5.56 Å². The summed E-state index contributed by atoms with van der Waals surface area (Å²) in [6, 6.07) is 8.12. The monoisotopic (exact) mass is 388 g/mol. The molecule has 3 rings (SSSR count). The van der Waals surface area contributed by atoms with Crippen LogP contribution in [0, 0.1) is 13.8 Å². The van der Waals surface area contributed by atoms with Crippen LogP contribution in [0.3, 0.4) is 0 Å². The molecule has 1 unspecified atom stereocenters. The predicted octanol–water partition coefficient (Wildman–Crippen LogP) is 3.58. The minimum Gasteiger partial charge on any atom is -0.340 e. The minimum absolute atomic E-state index is 0.0747. The van der Waals surface area contributed by atoms with E-state index >= 15 is 0 Å². The maximum atomic E-state index is 11.8. The number of nitrogens with one attached hydrogen (secondary N) is 1. The number of aromatic nitrogens is 2. The lowest BCUT2D eigenvalue weighted by molar-refractivity contribution is 0.600.